The van der Waals surface area contributed by atoms with Crippen LogP contribution in [0.15, 0.2) is 22.1 Å². The molecule has 0 spiro atoms. The second-order valence-electron chi connectivity index (χ2n) is 4.62. The summed E-state index contributed by atoms with van der Waals surface area (Å²) >= 11 is 3.50. The Bertz CT molecular complexity index is 447. The van der Waals surface area contributed by atoms with E-state index >= 15 is 0 Å². The van der Waals surface area contributed by atoms with Crippen molar-refractivity contribution < 1.29 is 9.34 Å². The van der Waals surface area contributed by atoms with Crippen molar-refractivity contribution in [2.75, 3.05) is 5.33 Å². The van der Waals surface area contributed by atoms with E-state index in [0.29, 0.717) is 11.7 Å². The summed E-state index contributed by atoms with van der Waals surface area (Å²) in [7, 11) is 0. The van der Waals surface area contributed by atoms with Crippen LogP contribution in [0.5, 0.6) is 0 Å². The normalized spacial score (nSPS) is 17.9. The highest BCUT2D eigenvalue weighted by molar-refractivity contribution is 9.09. The Morgan fingerprint density at radius 3 is 2.72 bits per heavy atom. The van der Waals surface area contributed by atoms with Gasteiger partial charge >= 0.3 is 5.88 Å². The lowest BCUT2D eigenvalue weighted by Gasteiger charge is -2.23. The number of furan rings is 1. The van der Waals surface area contributed by atoms with Crippen LogP contribution in [0.4, 0.5) is 5.88 Å². The number of alkyl halides is 1. The van der Waals surface area contributed by atoms with Gasteiger partial charge in [0.25, 0.3) is 0 Å². The van der Waals surface area contributed by atoms with Gasteiger partial charge in [-0.05, 0) is 30.9 Å². The van der Waals surface area contributed by atoms with E-state index in [1.54, 1.807) is 6.07 Å². The molecule has 1 aliphatic carbocycles. The summed E-state index contributed by atoms with van der Waals surface area (Å²) in [5, 5.41) is 11.4. The number of halogens is 1. The van der Waals surface area contributed by atoms with Gasteiger partial charge in [-0.25, -0.2) is 0 Å². The molecule has 18 heavy (non-hydrogen) atoms. The molecule has 0 bridgehead atoms. The molecule has 1 aromatic rings. The van der Waals surface area contributed by atoms with Crippen molar-refractivity contribution in [3.8, 4) is 0 Å². The molecule has 0 unspecified atom stereocenters. The summed E-state index contributed by atoms with van der Waals surface area (Å²) in [5.41, 5.74) is 1.28. The fourth-order valence-corrected chi connectivity index (χ4v) is 3.06. The van der Waals surface area contributed by atoms with Crippen LogP contribution in [0.3, 0.4) is 0 Å². The van der Waals surface area contributed by atoms with Crippen LogP contribution in [0.1, 0.15) is 37.9 Å². The predicted octanol–water partition coefficient (Wildman–Crippen LogP) is 4.55. The molecular weight excluding hydrogens is 298 g/mol. The maximum atomic E-state index is 10.6. The number of rotatable bonds is 4. The average Bonchev–Trinajstić information content (AvgIpc) is 2.86. The summed E-state index contributed by atoms with van der Waals surface area (Å²) in [5.74, 6) is 0.961. The van der Waals surface area contributed by atoms with Gasteiger partial charge in [-0.3, -0.25) is 10.1 Å². The van der Waals surface area contributed by atoms with Gasteiger partial charge < -0.3 is 4.42 Å². The fourth-order valence-electron chi connectivity index (χ4n) is 2.44. The lowest BCUT2D eigenvalue weighted by atomic mass is 9.84. The molecule has 4 nitrogen and oxygen atoms in total. The Morgan fingerprint density at radius 2 is 2.17 bits per heavy atom. The van der Waals surface area contributed by atoms with Crippen molar-refractivity contribution in [3.63, 3.8) is 0 Å². The van der Waals surface area contributed by atoms with Crippen LogP contribution in [-0.4, -0.2) is 10.3 Å². The van der Waals surface area contributed by atoms with E-state index in [4.69, 9.17) is 4.42 Å². The zero-order chi connectivity index (χ0) is 13.0. The van der Waals surface area contributed by atoms with E-state index in [1.807, 2.05) is 6.08 Å². The third kappa shape index (κ3) is 3.22. The first-order valence-electron chi connectivity index (χ1n) is 6.21. The summed E-state index contributed by atoms with van der Waals surface area (Å²) in [6, 6.07) is 3.06. The van der Waals surface area contributed by atoms with Gasteiger partial charge in [-0.1, -0.05) is 40.8 Å². The molecule has 0 atom stereocenters. The quantitative estimate of drug-likeness (QED) is 0.465. The van der Waals surface area contributed by atoms with E-state index in [2.05, 4.69) is 15.9 Å². The van der Waals surface area contributed by atoms with Crippen molar-refractivity contribution in [1.82, 2.24) is 0 Å². The molecule has 0 aliphatic heterocycles. The minimum absolute atomic E-state index is 0.196. The third-order valence-electron chi connectivity index (χ3n) is 3.40. The molecule has 98 valence electrons. The first kappa shape index (κ1) is 13.3. The SMILES string of the molecule is O=[N+]([O-])c1ccc(C=C(CBr)C2CCCCC2)o1. The van der Waals surface area contributed by atoms with Gasteiger partial charge in [0.1, 0.15) is 10.7 Å². The van der Waals surface area contributed by atoms with E-state index in [9.17, 15) is 10.1 Å². The Balaban J connectivity index is 2.14. The van der Waals surface area contributed by atoms with Crippen LogP contribution in [-0.2, 0) is 0 Å². The topological polar surface area (TPSA) is 56.3 Å². The summed E-state index contributed by atoms with van der Waals surface area (Å²) in [4.78, 5) is 10.0. The van der Waals surface area contributed by atoms with Crippen molar-refractivity contribution in [3.05, 3.63) is 33.6 Å². The molecule has 1 aromatic heterocycles. The van der Waals surface area contributed by atoms with Crippen LogP contribution in [0.25, 0.3) is 6.08 Å². The van der Waals surface area contributed by atoms with E-state index in [0.717, 1.165) is 5.33 Å². The number of hydrogen-bond donors (Lipinski definition) is 0. The molecule has 0 saturated heterocycles. The molecule has 1 heterocycles. The lowest BCUT2D eigenvalue weighted by Crippen LogP contribution is -2.09. The van der Waals surface area contributed by atoms with Crippen LogP contribution in [0.2, 0.25) is 0 Å². The first-order chi connectivity index (χ1) is 8.70. The standard InChI is InChI=1S/C13H16BrNO3/c14-9-11(10-4-2-1-3-5-10)8-12-6-7-13(18-12)15(16)17/h6-8,10H,1-5,9H2. The molecule has 0 N–H and O–H groups in total. The summed E-state index contributed by atoms with van der Waals surface area (Å²) < 4.78 is 5.17. The minimum Gasteiger partial charge on any atom is -0.401 e. The van der Waals surface area contributed by atoms with Crippen LogP contribution >= 0.6 is 15.9 Å². The summed E-state index contributed by atoms with van der Waals surface area (Å²) in [6.45, 7) is 0. The zero-order valence-electron chi connectivity index (χ0n) is 10.1. The van der Waals surface area contributed by atoms with Crippen LogP contribution < -0.4 is 0 Å². The molecule has 5 heteroatoms. The number of hydrogen-bond acceptors (Lipinski definition) is 3. The highest BCUT2D eigenvalue weighted by Gasteiger charge is 2.18. The van der Waals surface area contributed by atoms with Crippen LogP contribution in [0, 0.1) is 16.0 Å². The predicted molar refractivity (Wildman–Crippen MR) is 73.7 cm³/mol. The summed E-state index contributed by atoms with van der Waals surface area (Å²) in [6.07, 6.45) is 8.22. The second kappa shape index (κ2) is 6.18. The average molecular weight is 314 g/mol. The van der Waals surface area contributed by atoms with E-state index in [-0.39, 0.29) is 5.88 Å². The van der Waals surface area contributed by atoms with E-state index < -0.39 is 4.92 Å². The zero-order valence-corrected chi connectivity index (χ0v) is 11.7. The third-order valence-corrected chi connectivity index (χ3v) is 4.05. The Morgan fingerprint density at radius 1 is 1.44 bits per heavy atom. The maximum Gasteiger partial charge on any atom is 0.433 e. The molecule has 1 saturated carbocycles. The molecule has 2 rings (SSSR count). The van der Waals surface area contributed by atoms with Gasteiger partial charge in [0, 0.05) is 5.33 Å². The Kier molecular flexibility index (Phi) is 4.58. The largest absolute Gasteiger partial charge is 0.433 e. The highest BCUT2D eigenvalue weighted by atomic mass is 79.9. The van der Waals surface area contributed by atoms with E-state index in [1.165, 1.54) is 43.7 Å². The van der Waals surface area contributed by atoms with Crippen molar-refractivity contribution in [1.29, 1.82) is 0 Å². The monoisotopic (exact) mass is 313 g/mol. The molecular formula is C13H16BrNO3. The van der Waals surface area contributed by atoms with Gasteiger partial charge in [0.05, 0.1) is 6.07 Å². The van der Waals surface area contributed by atoms with Gasteiger partial charge in [0.2, 0.25) is 0 Å². The fraction of sp³-hybridized carbons (Fsp3) is 0.538. The second-order valence-corrected chi connectivity index (χ2v) is 5.18. The van der Waals surface area contributed by atoms with Gasteiger partial charge in [-0.2, -0.15) is 0 Å². The maximum absolute atomic E-state index is 10.6. The molecule has 0 radical (unpaired) electrons. The number of nitro groups is 1. The molecule has 1 aliphatic rings. The smallest absolute Gasteiger partial charge is 0.401 e. The van der Waals surface area contributed by atoms with Crippen molar-refractivity contribution >= 4 is 27.9 Å². The first-order valence-corrected chi connectivity index (χ1v) is 7.33. The molecule has 0 aromatic carbocycles. The molecule has 0 amide bonds. The van der Waals surface area contributed by atoms with Gasteiger partial charge in [0.15, 0.2) is 0 Å². The van der Waals surface area contributed by atoms with Crippen molar-refractivity contribution in [2.24, 2.45) is 5.92 Å². The van der Waals surface area contributed by atoms with Crippen molar-refractivity contribution in [2.45, 2.75) is 32.1 Å². The number of allylic oxidation sites excluding steroid dienone is 1. The Hall–Kier alpha value is -1.10. The van der Waals surface area contributed by atoms with Gasteiger partial charge in [-0.15, -0.1) is 0 Å². The highest BCUT2D eigenvalue weighted by Crippen LogP contribution is 2.32. The number of nitrogens with zero attached hydrogens (tertiary/aromatic N) is 1. The Labute approximate surface area is 114 Å². The lowest BCUT2D eigenvalue weighted by molar-refractivity contribution is -0.402. The molecule has 1 fully saturated rings. The minimum atomic E-state index is -0.508.